The number of thiocarbonyl (C=S) groups is 1. The second-order valence-electron chi connectivity index (χ2n) is 8.44. The normalized spacial score (nSPS) is 18.2. The Labute approximate surface area is 203 Å². The predicted molar refractivity (Wildman–Crippen MR) is 138 cm³/mol. The summed E-state index contributed by atoms with van der Waals surface area (Å²) in [7, 11) is 0. The van der Waals surface area contributed by atoms with Gasteiger partial charge in [-0.1, -0.05) is 62.7 Å². The zero-order chi connectivity index (χ0) is 23.4. The van der Waals surface area contributed by atoms with Gasteiger partial charge in [0, 0.05) is 25.8 Å². The molecular formula is C24H30N4O3S2. The van der Waals surface area contributed by atoms with Crippen LogP contribution in [0.2, 0.25) is 0 Å². The molecule has 4 rings (SSSR count). The minimum absolute atomic E-state index is 0.123. The summed E-state index contributed by atoms with van der Waals surface area (Å²) in [6, 6.07) is 3.79. The van der Waals surface area contributed by atoms with Crippen molar-refractivity contribution in [3.05, 3.63) is 44.7 Å². The zero-order valence-electron chi connectivity index (χ0n) is 19.2. The summed E-state index contributed by atoms with van der Waals surface area (Å²) in [5.74, 6) is 0.471. The van der Waals surface area contributed by atoms with E-state index in [2.05, 4.69) is 11.8 Å². The molecule has 4 heterocycles. The number of pyridine rings is 1. The number of unbranched alkanes of at least 4 members (excludes halogenated alkanes) is 4. The van der Waals surface area contributed by atoms with Crippen LogP contribution in [0.4, 0.5) is 5.82 Å². The van der Waals surface area contributed by atoms with E-state index in [-0.39, 0.29) is 11.5 Å². The molecule has 7 nitrogen and oxygen atoms in total. The van der Waals surface area contributed by atoms with Crippen LogP contribution in [-0.4, -0.2) is 57.4 Å². The third-order valence-electron chi connectivity index (χ3n) is 5.93. The quantitative estimate of drug-likeness (QED) is 0.317. The first-order chi connectivity index (χ1) is 16.0. The maximum Gasteiger partial charge on any atom is 0.267 e. The first-order valence-corrected chi connectivity index (χ1v) is 12.8. The molecule has 0 saturated carbocycles. The van der Waals surface area contributed by atoms with E-state index in [1.807, 2.05) is 19.1 Å². The number of ether oxygens (including phenoxy) is 1. The Hall–Kier alpha value is -2.23. The van der Waals surface area contributed by atoms with Crippen molar-refractivity contribution < 1.29 is 9.53 Å². The number of carbonyl (C=O) groups is 1. The van der Waals surface area contributed by atoms with E-state index in [9.17, 15) is 9.59 Å². The molecule has 9 heteroatoms. The van der Waals surface area contributed by atoms with E-state index in [4.69, 9.17) is 21.9 Å². The summed E-state index contributed by atoms with van der Waals surface area (Å²) in [5.41, 5.74) is 1.79. The van der Waals surface area contributed by atoms with Crippen molar-refractivity contribution in [2.45, 2.75) is 46.0 Å². The lowest BCUT2D eigenvalue weighted by Gasteiger charge is -2.29. The predicted octanol–water partition coefficient (Wildman–Crippen LogP) is 4.01. The van der Waals surface area contributed by atoms with Crippen LogP contribution in [0.1, 0.15) is 50.2 Å². The summed E-state index contributed by atoms with van der Waals surface area (Å²) in [6.45, 7) is 7.19. The number of rotatable bonds is 8. The smallest absolute Gasteiger partial charge is 0.267 e. The van der Waals surface area contributed by atoms with Gasteiger partial charge >= 0.3 is 0 Å². The number of carbonyl (C=O) groups excluding carboxylic acids is 1. The van der Waals surface area contributed by atoms with Crippen LogP contribution in [0.5, 0.6) is 0 Å². The largest absolute Gasteiger partial charge is 0.378 e. The van der Waals surface area contributed by atoms with Crippen LogP contribution in [0.15, 0.2) is 28.0 Å². The van der Waals surface area contributed by atoms with Crippen LogP contribution in [0.3, 0.4) is 0 Å². The zero-order valence-corrected chi connectivity index (χ0v) is 20.8. The van der Waals surface area contributed by atoms with E-state index < -0.39 is 0 Å². The van der Waals surface area contributed by atoms with Crippen molar-refractivity contribution >= 4 is 51.7 Å². The molecule has 0 N–H and O–H groups in total. The Morgan fingerprint density at radius 1 is 1.15 bits per heavy atom. The minimum Gasteiger partial charge on any atom is -0.378 e. The fourth-order valence-electron chi connectivity index (χ4n) is 4.09. The standard InChI is InChI=1S/C24H30N4O3S2/c1-3-4-5-6-7-10-27-23(30)19(33-24(27)32)15-18-21(26-11-13-31-14-12-26)25-20-9-8-17(2)16-28(20)22(18)29/h8-9,15-16H,3-7,10-14H2,1-2H3. The van der Waals surface area contributed by atoms with Gasteiger partial charge < -0.3 is 9.64 Å². The summed E-state index contributed by atoms with van der Waals surface area (Å²) >= 11 is 6.77. The first-order valence-electron chi connectivity index (χ1n) is 11.6. The van der Waals surface area contributed by atoms with E-state index in [0.717, 1.165) is 18.4 Å². The molecule has 2 aliphatic rings. The van der Waals surface area contributed by atoms with Crippen molar-refractivity contribution in [3.63, 3.8) is 0 Å². The van der Waals surface area contributed by atoms with Crippen molar-refractivity contribution in [1.29, 1.82) is 0 Å². The van der Waals surface area contributed by atoms with E-state index in [0.29, 0.717) is 59.1 Å². The number of hydrogen-bond donors (Lipinski definition) is 0. The monoisotopic (exact) mass is 486 g/mol. The van der Waals surface area contributed by atoms with Crippen LogP contribution in [0.25, 0.3) is 11.7 Å². The summed E-state index contributed by atoms with van der Waals surface area (Å²) in [6.07, 6.45) is 9.05. The average Bonchev–Trinajstić information content (AvgIpc) is 3.08. The molecular weight excluding hydrogens is 456 g/mol. The number of anilines is 1. The van der Waals surface area contributed by atoms with Crippen molar-refractivity contribution in [1.82, 2.24) is 14.3 Å². The highest BCUT2D eigenvalue weighted by Crippen LogP contribution is 2.34. The van der Waals surface area contributed by atoms with Gasteiger partial charge in [-0.15, -0.1) is 0 Å². The molecule has 0 radical (unpaired) electrons. The third kappa shape index (κ3) is 5.31. The average molecular weight is 487 g/mol. The van der Waals surface area contributed by atoms with Gasteiger partial charge in [-0.25, -0.2) is 4.98 Å². The van der Waals surface area contributed by atoms with Gasteiger partial charge in [0.15, 0.2) is 0 Å². The Morgan fingerprint density at radius 2 is 1.91 bits per heavy atom. The fourth-order valence-corrected chi connectivity index (χ4v) is 5.38. The lowest BCUT2D eigenvalue weighted by Crippen LogP contribution is -2.38. The summed E-state index contributed by atoms with van der Waals surface area (Å²) in [5, 5.41) is 0. The van der Waals surface area contributed by atoms with E-state index in [1.165, 1.54) is 31.0 Å². The molecule has 2 fully saturated rings. The van der Waals surface area contributed by atoms with Crippen LogP contribution < -0.4 is 10.5 Å². The molecule has 176 valence electrons. The Morgan fingerprint density at radius 3 is 2.67 bits per heavy atom. The highest BCUT2D eigenvalue weighted by Gasteiger charge is 2.32. The van der Waals surface area contributed by atoms with Gasteiger partial charge in [0.2, 0.25) is 0 Å². The lowest BCUT2D eigenvalue weighted by molar-refractivity contribution is -0.122. The SMILES string of the molecule is CCCCCCCN1C(=O)C(=Cc2c(N3CCOCC3)nc3ccc(C)cn3c2=O)SC1=S. The topological polar surface area (TPSA) is 67.2 Å². The highest BCUT2D eigenvalue weighted by atomic mass is 32.2. The number of nitrogens with zero attached hydrogens (tertiary/aromatic N) is 4. The summed E-state index contributed by atoms with van der Waals surface area (Å²) in [4.78, 5) is 35.7. The van der Waals surface area contributed by atoms with Crippen LogP contribution >= 0.6 is 24.0 Å². The Balaban J connectivity index is 1.68. The van der Waals surface area contributed by atoms with Gasteiger partial charge in [-0.3, -0.25) is 18.9 Å². The van der Waals surface area contributed by atoms with Crippen molar-refractivity contribution in [3.8, 4) is 0 Å². The molecule has 2 aromatic rings. The maximum atomic E-state index is 13.5. The lowest BCUT2D eigenvalue weighted by atomic mass is 10.1. The molecule has 0 bridgehead atoms. The Bertz CT molecular complexity index is 1140. The molecule has 33 heavy (non-hydrogen) atoms. The number of amides is 1. The van der Waals surface area contributed by atoms with E-state index in [1.54, 1.807) is 21.6 Å². The molecule has 0 unspecified atom stereocenters. The maximum absolute atomic E-state index is 13.5. The number of morpholine rings is 1. The van der Waals surface area contributed by atoms with Gasteiger partial charge in [-0.2, -0.15) is 0 Å². The molecule has 0 aliphatic carbocycles. The third-order valence-corrected chi connectivity index (χ3v) is 7.31. The number of aryl methyl sites for hydroxylation is 1. The van der Waals surface area contributed by atoms with Crippen LogP contribution in [-0.2, 0) is 9.53 Å². The minimum atomic E-state index is -0.185. The second-order valence-corrected chi connectivity index (χ2v) is 10.1. The number of thioether (sulfide) groups is 1. The van der Waals surface area contributed by atoms with E-state index >= 15 is 0 Å². The molecule has 0 atom stereocenters. The molecule has 1 amide bonds. The Kier molecular flexibility index (Phi) is 7.82. The van der Waals surface area contributed by atoms with Gasteiger partial charge in [0.25, 0.3) is 11.5 Å². The van der Waals surface area contributed by atoms with Gasteiger partial charge in [0.05, 0.1) is 23.7 Å². The molecule has 0 aromatic carbocycles. The molecule has 2 aliphatic heterocycles. The number of fused-ring (bicyclic) bond motifs is 1. The molecule has 2 aromatic heterocycles. The number of aromatic nitrogens is 2. The van der Waals surface area contributed by atoms with Gasteiger partial charge in [-0.05, 0) is 31.1 Å². The van der Waals surface area contributed by atoms with Crippen molar-refractivity contribution in [2.24, 2.45) is 0 Å². The fraction of sp³-hybridized carbons (Fsp3) is 0.500. The van der Waals surface area contributed by atoms with Crippen molar-refractivity contribution in [2.75, 3.05) is 37.7 Å². The number of hydrogen-bond acceptors (Lipinski definition) is 7. The molecule has 0 spiro atoms. The molecule has 2 saturated heterocycles. The second kappa shape index (κ2) is 10.8. The van der Waals surface area contributed by atoms with Crippen LogP contribution in [0, 0.1) is 6.92 Å². The van der Waals surface area contributed by atoms with Gasteiger partial charge in [0.1, 0.15) is 15.8 Å². The summed E-state index contributed by atoms with van der Waals surface area (Å²) < 4.78 is 7.60. The highest BCUT2D eigenvalue weighted by molar-refractivity contribution is 8.26. The first kappa shape index (κ1) is 23.9.